The molecule has 0 saturated carbocycles. The predicted octanol–water partition coefficient (Wildman–Crippen LogP) is 2.55. The van der Waals surface area contributed by atoms with Gasteiger partial charge in [-0.1, -0.05) is 13.8 Å². The molecule has 1 rings (SSSR count). The second-order valence-corrected chi connectivity index (χ2v) is 5.43. The van der Waals surface area contributed by atoms with E-state index in [2.05, 4.69) is 0 Å². The van der Waals surface area contributed by atoms with E-state index >= 15 is 0 Å². The number of halogens is 3. The third-order valence-electron chi connectivity index (χ3n) is 3.06. The van der Waals surface area contributed by atoms with E-state index in [1.165, 1.54) is 4.90 Å². The number of hydrogen-bond acceptors (Lipinski definition) is 2. The molecule has 0 fully saturated rings. The van der Waals surface area contributed by atoms with Crippen molar-refractivity contribution in [2.24, 2.45) is 11.1 Å². The minimum atomic E-state index is -1.20. The summed E-state index contributed by atoms with van der Waals surface area (Å²) in [5, 5.41) is 0. The zero-order valence-electron chi connectivity index (χ0n) is 11.8. The van der Waals surface area contributed by atoms with Gasteiger partial charge in [0.15, 0.2) is 0 Å². The first kappa shape index (κ1) is 16.5. The maximum Gasteiger partial charge on any atom is 0.259 e. The van der Waals surface area contributed by atoms with Crippen LogP contribution in [0.25, 0.3) is 0 Å². The summed E-state index contributed by atoms with van der Waals surface area (Å²) < 4.78 is 40.1. The summed E-state index contributed by atoms with van der Waals surface area (Å²) in [6.07, 6.45) is 0. The van der Waals surface area contributed by atoms with Crippen LogP contribution in [0.1, 0.15) is 31.1 Å². The zero-order chi connectivity index (χ0) is 15.5. The average molecular weight is 288 g/mol. The Morgan fingerprint density at radius 3 is 2.15 bits per heavy atom. The molecule has 112 valence electrons. The monoisotopic (exact) mass is 288 g/mol. The van der Waals surface area contributed by atoms with E-state index in [0.29, 0.717) is 18.7 Å². The molecule has 2 N–H and O–H groups in total. The molecule has 0 heterocycles. The lowest BCUT2D eigenvalue weighted by atomic mass is 9.92. The van der Waals surface area contributed by atoms with Crippen molar-refractivity contribution in [3.05, 3.63) is 35.1 Å². The van der Waals surface area contributed by atoms with E-state index in [1.807, 2.05) is 13.8 Å². The molecule has 0 aliphatic rings. The van der Waals surface area contributed by atoms with Gasteiger partial charge in [0.2, 0.25) is 0 Å². The molecule has 3 nitrogen and oxygen atoms in total. The molecule has 0 radical (unpaired) electrons. The third-order valence-corrected chi connectivity index (χ3v) is 3.06. The highest BCUT2D eigenvalue weighted by atomic mass is 19.1. The fourth-order valence-corrected chi connectivity index (χ4v) is 1.81. The highest BCUT2D eigenvalue weighted by Crippen LogP contribution is 2.20. The van der Waals surface area contributed by atoms with Gasteiger partial charge in [-0.15, -0.1) is 0 Å². The normalized spacial score (nSPS) is 11.6. The summed E-state index contributed by atoms with van der Waals surface area (Å²) in [5.41, 5.74) is 4.48. The SMILES string of the molecule is CCN(CC(C)(C)CN)C(=O)c1c(F)cc(F)cc1F. The lowest BCUT2D eigenvalue weighted by Crippen LogP contribution is -2.42. The molecule has 0 atom stereocenters. The predicted molar refractivity (Wildman–Crippen MR) is 70.7 cm³/mol. The van der Waals surface area contributed by atoms with Crippen molar-refractivity contribution in [2.75, 3.05) is 19.6 Å². The first-order valence-electron chi connectivity index (χ1n) is 6.35. The van der Waals surface area contributed by atoms with Crippen molar-refractivity contribution in [3.63, 3.8) is 0 Å². The fourth-order valence-electron chi connectivity index (χ4n) is 1.81. The van der Waals surface area contributed by atoms with Gasteiger partial charge in [0.25, 0.3) is 5.91 Å². The van der Waals surface area contributed by atoms with Gasteiger partial charge in [0.1, 0.15) is 23.0 Å². The zero-order valence-corrected chi connectivity index (χ0v) is 11.8. The molecule has 1 aromatic rings. The summed E-state index contributed by atoms with van der Waals surface area (Å²) >= 11 is 0. The third kappa shape index (κ3) is 3.72. The van der Waals surface area contributed by atoms with Gasteiger partial charge in [-0.3, -0.25) is 4.79 Å². The van der Waals surface area contributed by atoms with E-state index < -0.39 is 28.9 Å². The van der Waals surface area contributed by atoms with Gasteiger partial charge in [-0.05, 0) is 18.9 Å². The molecule has 0 spiro atoms. The molecule has 0 aromatic heterocycles. The van der Waals surface area contributed by atoms with Gasteiger partial charge in [0, 0.05) is 25.2 Å². The summed E-state index contributed by atoms with van der Waals surface area (Å²) in [7, 11) is 0. The largest absolute Gasteiger partial charge is 0.338 e. The quantitative estimate of drug-likeness (QED) is 0.905. The molecule has 0 unspecified atom stereocenters. The van der Waals surface area contributed by atoms with Crippen molar-refractivity contribution >= 4 is 5.91 Å². The minimum absolute atomic E-state index is 0.259. The summed E-state index contributed by atoms with van der Waals surface area (Å²) in [4.78, 5) is 13.5. The topological polar surface area (TPSA) is 46.3 Å². The number of benzene rings is 1. The standard InChI is InChI=1S/C14H19F3N2O/c1-4-19(8-14(2,3)7-18)13(20)12-10(16)5-9(15)6-11(12)17/h5-6H,4,7-8,18H2,1-3H3. The number of carbonyl (C=O) groups is 1. The van der Waals surface area contributed by atoms with Gasteiger partial charge in [-0.25, -0.2) is 13.2 Å². The van der Waals surface area contributed by atoms with Crippen LogP contribution < -0.4 is 5.73 Å². The average Bonchev–Trinajstić information content (AvgIpc) is 2.34. The van der Waals surface area contributed by atoms with Crippen LogP contribution in [-0.4, -0.2) is 30.4 Å². The van der Waals surface area contributed by atoms with Crippen molar-refractivity contribution in [2.45, 2.75) is 20.8 Å². The van der Waals surface area contributed by atoms with Gasteiger partial charge >= 0.3 is 0 Å². The molecule has 0 saturated heterocycles. The van der Waals surface area contributed by atoms with Crippen LogP contribution in [0.15, 0.2) is 12.1 Å². The van der Waals surface area contributed by atoms with Crippen molar-refractivity contribution in [3.8, 4) is 0 Å². The molecular formula is C14H19F3N2O. The van der Waals surface area contributed by atoms with Crippen molar-refractivity contribution in [1.29, 1.82) is 0 Å². The summed E-state index contributed by atoms with van der Waals surface area (Å²) in [5.74, 6) is -4.25. The van der Waals surface area contributed by atoms with Gasteiger partial charge in [0.05, 0.1) is 0 Å². The maximum atomic E-state index is 13.6. The number of rotatable bonds is 5. The Morgan fingerprint density at radius 1 is 1.25 bits per heavy atom. The molecular weight excluding hydrogens is 269 g/mol. The molecule has 0 bridgehead atoms. The number of hydrogen-bond donors (Lipinski definition) is 1. The lowest BCUT2D eigenvalue weighted by molar-refractivity contribution is 0.0690. The van der Waals surface area contributed by atoms with E-state index in [4.69, 9.17) is 5.73 Å². The summed E-state index contributed by atoms with van der Waals surface area (Å²) in [6.45, 7) is 6.25. The van der Waals surface area contributed by atoms with Gasteiger partial charge < -0.3 is 10.6 Å². The van der Waals surface area contributed by atoms with Crippen LogP contribution in [0, 0.1) is 22.9 Å². The van der Waals surface area contributed by atoms with E-state index in [-0.39, 0.29) is 18.5 Å². The second kappa shape index (κ2) is 6.26. The first-order chi connectivity index (χ1) is 9.21. The minimum Gasteiger partial charge on any atom is -0.338 e. The van der Waals surface area contributed by atoms with Crippen LogP contribution in [0.5, 0.6) is 0 Å². The van der Waals surface area contributed by atoms with Crippen LogP contribution >= 0.6 is 0 Å². The number of amides is 1. The molecule has 0 aliphatic heterocycles. The summed E-state index contributed by atoms with van der Waals surface area (Å²) in [6, 6.07) is 0.996. The van der Waals surface area contributed by atoms with Crippen LogP contribution in [0.2, 0.25) is 0 Å². The number of nitrogens with zero attached hydrogens (tertiary/aromatic N) is 1. The smallest absolute Gasteiger partial charge is 0.259 e. The molecule has 0 aliphatic carbocycles. The fraction of sp³-hybridized carbons (Fsp3) is 0.500. The first-order valence-corrected chi connectivity index (χ1v) is 6.35. The molecule has 1 aromatic carbocycles. The van der Waals surface area contributed by atoms with Crippen LogP contribution in [-0.2, 0) is 0 Å². The Balaban J connectivity index is 3.09. The highest BCUT2D eigenvalue weighted by molar-refractivity contribution is 5.94. The molecule has 20 heavy (non-hydrogen) atoms. The lowest BCUT2D eigenvalue weighted by Gasteiger charge is -2.31. The van der Waals surface area contributed by atoms with E-state index in [1.54, 1.807) is 6.92 Å². The Hall–Kier alpha value is -1.56. The second-order valence-electron chi connectivity index (χ2n) is 5.43. The molecule has 1 amide bonds. The maximum absolute atomic E-state index is 13.6. The van der Waals surface area contributed by atoms with Crippen LogP contribution in [0.3, 0.4) is 0 Å². The van der Waals surface area contributed by atoms with Crippen molar-refractivity contribution in [1.82, 2.24) is 4.90 Å². The highest BCUT2D eigenvalue weighted by Gasteiger charge is 2.27. The van der Waals surface area contributed by atoms with Gasteiger partial charge in [-0.2, -0.15) is 0 Å². The Labute approximate surface area is 116 Å². The molecule has 6 heteroatoms. The van der Waals surface area contributed by atoms with E-state index in [0.717, 1.165) is 0 Å². The number of carbonyl (C=O) groups excluding carboxylic acids is 1. The van der Waals surface area contributed by atoms with Crippen LogP contribution in [0.4, 0.5) is 13.2 Å². The Kier molecular flexibility index (Phi) is 5.16. The Bertz CT molecular complexity index is 480. The van der Waals surface area contributed by atoms with Crippen molar-refractivity contribution < 1.29 is 18.0 Å². The van der Waals surface area contributed by atoms with E-state index in [9.17, 15) is 18.0 Å². The number of nitrogens with two attached hydrogens (primary N) is 1. The Morgan fingerprint density at radius 2 is 1.75 bits per heavy atom.